The molecule has 0 radical (unpaired) electrons. The van der Waals surface area contributed by atoms with Gasteiger partial charge in [0.15, 0.2) is 0 Å². The van der Waals surface area contributed by atoms with Crippen LogP contribution in [-0.4, -0.2) is 57.6 Å². The Morgan fingerprint density at radius 3 is 2.31 bits per heavy atom. The molecule has 0 heterocycles. The summed E-state index contributed by atoms with van der Waals surface area (Å²) in [6.45, 7) is 2.03. The maximum Gasteiger partial charge on any atom is 0.244 e. The maximum absolute atomic E-state index is 14.0. The molecule has 0 aliphatic heterocycles. The molecule has 1 N–H and O–H groups in total. The lowest BCUT2D eigenvalue weighted by atomic mass is 10.0. The molecular weight excluding hydrogens is 582 g/mol. The van der Waals surface area contributed by atoms with Crippen LogP contribution >= 0.6 is 15.9 Å². The van der Waals surface area contributed by atoms with Crippen LogP contribution in [0.3, 0.4) is 0 Å². The van der Waals surface area contributed by atoms with Gasteiger partial charge in [0.05, 0.1) is 19.1 Å². The van der Waals surface area contributed by atoms with E-state index >= 15 is 0 Å². The number of rotatable bonds is 13. The lowest BCUT2D eigenvalue weighted by molar-refractivity contribution is -0.140. The molecule has 0 saturated heterocycles. The summed E-state index contributed by atoms with van der Waals surface area (Å²) in [5, 5.41) is 2.92. The first-order valence-electron chi connectivity index (χ1n) is 12.6. The second kappa shape index (κ2) is 14.1. The molecule has 0 saturated carbocycles. The van der Waals surface area contributed by atoms with Gasteiger partial charge < -0.3 is 15.0 Å². The molecule has 0 spiro atoms. The third-order valence-electron chi connectivity index (χ3n) is 6.08. The Bertz CT molecular complexity index is 1370. The van der Waals surface area contributed by atoms with Crippen LogP contribution in [0.15, 0.2) is 83.3 Å². The van der Waals surface area contributed by atoms with Crippen LogP contribution < -0.4 is 14.4 Å². The highest BCUT2D eigenvalue weighted by atomic mass is 79.9. The number of methoxy groups -OCH3 is 1. The molecule has 8 nitrogen and oxygen atoms in total. The number of nitrogens with one attached hydrogen (secondary N) is 1. The minimum atomic E-state index is -3.82. The summed E-state index contributed by atoms with van der Waals surface area (Å²) < 4.78 is 32.7. The first kappa shape index (κ1) is 30.2. The summed E-state index contributed by atoms with van der Waals surface area (Å²) in [4.78, 5) is 29.0. The van der Waals surface area contributed by atoms with Crippen molar-refractivity contribution in [2.24, 2.45) is 0 Å². The number of ether oxygens (including phenoxy) is 1. The van der Waals surface area contributed by atoms with Gasteiger partial charge in [-0.1, -0.05) is 71.4 Å². The molecular formula is C29H34BrN3O5S. The first-order chi connectivity index (χ1) is 18.6. The number of hydrogen-bond donors (Lipinski definition) is 1. The average Bonchev–Trinajstić information content (AvgIpc) is 2.92. The van der Waals surface area contributed by atoms with Crippen molar-refractivity contribution in [3.05, 3.63) is 94.5 Å². The van der Waals surface area contributed by atoms with Gasteiger partial charge in [0, 0.05) is 24.0 Å². The van der Waals surface area contributed by atoms with Crippen LogP contribution in [0.5, 0.6) is 5.75 Å². The summed E-state index contributed by atoms with van der Waals surface area (Å²) in [7, 11) is -2.27. The van der Waals surface area contributed by atoms with Gasteiger partial charge in [-0.3, -0.25) is 13.9 Å². The van der Waals surface area contributed by atoms with E-state index in [0.29, 0.717) is 22.5 Å². The summed E-state index contributed by atoms with van der Waals surface area (Å²) >= 11 is 3.37. The van der Waals surface area contributed by atoms with E-state index in [1.807, 2.05) is 49.4 Å². The first-order valence-corrected chi connectivity index (χ1v) is 15.2. The van der Waals surface area contributed by atoms with Crippen molar-refractivity contribution in [1.29, 1.82) is 0 Å². The Kier molecular flexibility index (Phi) is 10.9. The zero-order valence-electron chi connectivity index (χ0n) is 22.3. The molecule has 0 aromatic heterocycles. The Hall–Kier alpha value is -3.37. The normalized spacial score (nSPS) is 11.9. The maximum atomic E-state index is 14.0. The highest BCUT2D eigenvalue weighted by Gasteiger charge is 2.33. The van der Waals surface area contributed by atoms with Gasteiger partial charge in [0.25, 0.3) is 0 Å². The van der Waals surface area contributed by atoms with Crippen LogP contribution in [0.25, 0.3) is 0 Å². The van der Waals surface area contributed by atoms with Crippen molar-refractivity contribution in [3.8, 4) is 5.75 Å². The lowest BCUT2D eigenvalue weighted by Crippen LogP contribution is -2.53. The standard InChI is InChI=1S/C29H34BrN3O5S/c1-4-16-31-29(35)27(18-22-10-6-5-7-11-22)32(20-23-12-8-15-26(17-23)38-2)28(34)21-33(39(3,36)37)25-14-9-13-24(30)19-25/h5-15,17,19,27H,4,16,18,20-21H2,1-3H3,(H,31,35)/t27-/m1/s1. The smallest absolute Gasteiger partial charge is 0.244 e. The predicted octanol–water partition coefficient (Wildman–Crippen LogP) is 4.39. The van der Waals surface area contributed by atoms with Crippen LogP contribution in [0, 0.1) is 0 Å². The van der Waals surface area contributed by atoms with Gasteiger partial charge in [0.2, 0.25) is 21.8 Å². The third kappa shape index (κ3) is 8.83. The van der Waals surface area contributed by atoms with E-state index in [4.69, 9.17) is 4.74 Å². The average molecular weight is 617 g/mol. The summed E-state index contributed by atoms with van der Waals surface area (Å²) in [6.07, 6.45) is 2.06. The fourth-order valence-electron chi connectivity index (χ4n) is 4.13. The van der Waals surface area contributed by atoms with Crippen molar-refractivity contribution in [2.45, 2.75) is 32.4 Å². The molecule has 3 rings (SSSR count). The lowest BCUT2D eigenvalue weighted by Gasteiger charge is -2.33. The van der Waals surface area contributed by atoms with E-state index in [1.54, 1.807) is 43.5 Å². The number of benzene rings is 3. The van der Waals surface area contributed by atoms with Gasteiger partial charge in [0.1, 0.15) is 18.3 Å². The molecule has 0 bridgehead atoms. The second-order valence-electron chi connectivity index (χ2n) is 9.12. The van der Waals surface area contributed by atoms with Gasteiger partial charge in [-0.05, 0) is 47.9 Å². The van der Waals surface area contributed by atoms with Gasteiger partial charge in [-0.15, -0.1) is 0 Å². The number of anilines is 1. The van der Waals surface area contributed by atoms with Crippen molar-refractivity contribution in [3.63, 3.8) is 0 Å². The predicted molar refractivity (Wildman–Crippen MR) is 157 cm³/mol. The Morgan fingerprint density at radius 1 is 0.974 bits per heavy atom. The molecule has 0 fully saturated rings. The molecule has 1 atom stereocenters. The monoisotopic (exact) mass is 615 g/mol. The van der Waals surface area contributed by atoms with E-state index in [1.165, 1.54) is 4.90 Å². The number of hydrogen-bond acceptors (Lipinski definition) is 5. The van der Waals surface area contributed by atoms with E-state index in [0.717, 1.165) is 28.1 Å². The fraction of sp³-hybridized carbons (Fsp3) is 0.310. The molecule has 3 aromatic carbocycles. The van der Waals surface area contributed by atoms with Crippen molar-refractivity contribution in [2.75, 3.05) is 30.8 Å². The van der Waals surface area contributed by atoms with E-state index in [9.17, 15) is 18.0 Å². The summed E-state index contributed by atoms with van der Waals surface area (Å²) in [5.41, 5.74) is 1.97. The van der Waals surface area contributed by atoms with Gasteiger partial charge in [-0.25, -0.2) is 8.42 Å². The third-order valence-corrected chi connectivity index (χ3v) is 7.72. The number of halogens is 1. The molecule has 0 aliphatic carbocycles. The number of sulfonamides is 1. The zero-order chi connectivity index (χ0) is 28.4. The molecule has 10 heteroatoms. The molecule has 39 heavy (non-hydrogen) atoms. The Morgan fingerprint density at radius 2 is 1.67 bits per heavy atom. The summed E-state index contributed by atoms with van der Waals surface area (Å²) in [6, 6.07) is 22.6. The van der Waals surface area contributed by atoms with Crippen LogP contribution in [0.1, 0.15) is 24.5 Å². The molecule has 0 aliphatic rings. The number of carbonyl (C=O) groups excluding carboxylic acids is 2. The molecule has 3 aromatic rings. The Labute approximate surface area is 239 Å². The largest absolute Gasteiger partial charge is 0.497 e. The molecule has 2 amide bonds. The fourth-order valence-corrected chi connectivity index (χ4v) is 5.36. The SMILES string of the molecule is CCCNC(=O)[C@@H](Cc1ccccc1)N(Cc1cccc(OC)c1)C(=O)CN(c1cccc(Br)c1)S(C)(=O)=O. The van der Waals surface area contributed by atoms with Crippen LogP contribution in [0.4, 0.5) is 5.69 Å². The second-order valence-corrected chi connectivity index (χ2v) is 11.9. The van der Waals surface area contributed by atoms with Crippen molar-refractivity contribution >= 4 is 43.5 Å². The van der Waals surface area contributed by atoms with Gasteiger partial charge >= 0.3 is 0 Å². The van der Waals surface area contributed by atoms with Crippen LogP contribution in [-0.2, 0) is 32.6 Å². The minimum Gasteiger partial charge on any atom is -0.497 e. The minimum absolute atomic E-state index is 0.0865. The molecule has 208 valence electrons. The Balaban J connectivity index is 2.05. The van der Waals surface area contributed by atoms with E-state index in [2.05, 4.69) is 21.2 Å². The van der Waals surface area contributed by atoms with E-state index in [-0.39, 0.29) is 18.9 Å². The quantitative estimate of drug-likeness (QED) is 0.308. The number of carbonyl (C=O) groups is 2. The molecule has 0 unspecified atom stereocenters. The highest BCUT2D eigenvalue weighted by molar-refractivity contribution is 9.10. The summed E-state index contributed by atoms with van der Waals surface area (Å²) in [5.74, 6) is -0.192. The van der Waals surface area contributed by atoms with Crippen molar-refractivity contribution < 1.29 is 22.7 Å². The van der Waals surface area contributed by atoms with Gasteiger partial charge in [-0.2, -0.15) is 0 Å². The number of nitrogens with zero attached hydrogens (tertiary/aromatic N) is 2. The van der Waals surface area contributed by atoms with Crippen LogP contribution in [0.2, 0.25) is 0 Å². The topological polar surface area (TPSA) is 96.0 Å². The number of amides is 2. The zero-order valence-corrected chi connectivity index (χ0v) is 24.7. The highest BCUT2D eigenvalue weighted by Crippen LogP contribution is 2.24. The van der Waals surface area contributed by atoms with E-state index < -0.39 is 28.5 Å². The van der Waals surface area contributed by atoms with Crippen molar-refractivity contribution in [1.82, 2.24) is 10.2 Å².